The maximum atomic E-state index is 13.2. The van der Waals surface area contributed by atoms with Crippen molar-refractivity contribution in [2.75, 3.05) is 62.7 Å². The van der Waals surface area contributed by atoms with E-state index in [1.165, 1.54) is 12.1 Å². The third-order valence-electron chi connectivity index (χ3n) is 5.77. The lowest BCUT2D eigenvalue weighted by molar-refractivity contribution is -0.120. The number of piperazine rings is 2. The van der Waals surface area contributed by atoms with Gasteiger partial charge in [-0.1, -0.05) is 12.1 Å². The van der Waals surface area contributed by atoms with Crippen LogP contribution in [0.4, 0.5) is 15.8 Å². The number of hydrogen-bond donors (Lipinski definition) is 2. The van der Waals surface area contributed by atoms with Crippen molar-refractivity contribution in [1.29, 1.82) is 0 Å². The van der Waals surface area contributed by atoms with Crippen LogP contribution in [0.3, 0.4) is 0 Å². The summed E-state index contributed by atoms with van der Waals surface area (Å²) < 4.78 is 13.2. The number of nitrogens with zero attached hydrogens (tertiary/aromatic N) is 4. The van der Waals surface area contributed by atoms with Gasteiger partial charge in [0.1, 0.15) is 5.82 Å². The van der Waals surface area contributed by atoms with Crippen molar-refractivity contribution in [3.63, 3.8) is 0 Å². The number of aliphatic imine (C=N–C) groups is 1. The SMILES string of the molecule is CN=C(NCc1ccc(N2CCNC(=O)C2)cc1)N1CCN(c2ccc(F)cc2)CC1.I. The Bertz CT molecular complexity index is 913. The number of guanidine groups is 1. The lowest BCUT2D eigenvalue weighted by Crippen LogP contribution is -2.52. The van der Waals surface area contributed by atoms with Gasteiger partial charge >= 0.3 is 0 Å². The molecule has 32 heavy (non-hydrogen) atoms. The molecule has 2 saturated heterocycles. The van der Waals surface area contributed by atoms with E-state index in [1.54, 1.807) is 7.05 Å². The first-order chi connectivity index (χ1) is 15.1. The zero-order valence-corrected chi connectivity index (χ0v) is 20.6. The van der Waals surface area contributed by atoms with E-state index in [0.717, 1.165) is 55.6 Å². The van der Waals surface area contributed by atoms with Crippen LogP contribution < -0.4 is 20.4 Å². The monoisotopic (exact) mass is 552 g/mol. The molecule has 0 bridgehead atoms. The molecule has 172 valence electrons. The van der Waals surface area contributed by atoms with Crippen LogP contribution in [-0.4, -0.2) is 69.6 Å². The van der Waals surface area contributed by atoms with Crippen molar-refractivity contribution >= 4 is 47.2 Å². The molecule has 2 aromatic rings. The van der Waals surface area contributed by atoms with Gasteiger partial charge in [0.25, 0.3) is 0 Å². The molecule has 0 aliphatic carbocycles. The van der Waals surface area contributed by atoms with Gasteiger partial charge < -0.3 is 25.3 Å². The summed E-state index contributed by atoms with van der Waals surface area (Å²) in [5, 5.41) is 6.30. The zero-order chi connectivity index (χ0) is 21.6. The number of anilines is 2. The van der Waals surface area contributed by atoms with Crippen LogP contribution in [0.2, 0.25) is 0 Å². The number of amides is 1. The van der Waals surface area contributed by atoms with Gasteiger partial charge in [0.2, 0.25) is 5.91 Å². The second kappa shape index (κ2) is 11.3. The average molecular weight is 552 g/mol. The summed E-state index contributed by atoms with van der Waals surface area (Å²) in [6.45, 7) is 6.06. The number of carbonyl (C=O) groups is 1. The first-order valence-corrected chi connectivity index (χ1v) is 10.7. The molecule has 0 radical (unpaired) electrons. The van der Waals surface area contributed by atoms with E-state index in [1.807, 2.05) is 12.1 Å². The summed E-state index contributed by atoms with van der Waals surface area (Å²) in [5.41, 5.74) is 3.28. The van der Waals surface area contributed by atoms with Crippen molar-refractivity contribution in [3.8, 4) is 0 Å². The highest BCUT2D eigenvalue weighted by Gasteiger charge is 2.20. The molecular formula is C23H30FIN6O. The Kier molecular flexibility index (Phi) is 8.54. The third kappa shape index (κ3) is 6.02. The van der Waals surface area contributed by atoms with Crippen molar-refractivity contribution < 1.29 is 9.18 Å². The molecule has 9 heteroatoms. The maximum Gasteiger partial charge on any atom is 0.239 e. The minimum Gasteiger partial charge on any atom is -0.368 e. The molecule has 2 aromatic carbocycles. The maximum absolute atomic E-state index is 13.2. The molecule has 2 aliphatic rings. The van der Waals surface area contributed by atoms with Gasteiger partial charge in [0, 0.05) is 64.2 Å². The first kappa shape index (κ1) is 24.1. The molecule has 4 rings (SSSR count). The van der Waals surface area contributed by atoms with Gasteiger partial charge in [0.05, 0.1) is 6.54 Å². The highest BCUT2D eigenvalue weighted by atomic mass is 127. The number of nitrogens with one attached hydrogen (secondary N) is 2. The Morgan fingerprint density at radius 3 is 2.22 bits per heavy atom. The summed E-state index contributed by atoms with van der Waals surface area (Å²) in [6, 6.07) is 15.0. The minimum atomic E-state index is -0.207. The molecular weight excluding hydrogens is 522 g/mol. The lowest BCUT2D eigenvalue weighted by atomic mass is 10.2. The number of benzene rings is 2. The van der Waals surface area contributed by atoms with Crippen molar-refractivity contribution in [3.05, 3.63) is 59.9 Å². The van der Waals surface area contributed by atoms with Crippen LogP contribution in [0.1, 0.15) is 5.56 Å². The van der Waals surface area contributed by atoms with E-state index >= 15 is 0 Å². The second-order valence-corrected chi connectivity index (χ2v) is 7.79. The van der Waals surface area contributed by atoms with Gasteiger partial charge in [-0.3, -0.25) is 9.79 Å². The molecule has 7 nitrogen and oxygen atoms in total. The number of halogens is 2. The number of carbonyl (C=O) groups excluding carboxylic acids is 1. The Balaban J connectivity index is 0.00000289. The van der Waals surface area contributed by atoms with E-state index < -0.39 is 0 Å². The van der Waals surface area contributed by atoms with Gasteiger partial charge in [-0.15, -0.1) is 24.0 Å². The van der Waals surface area contributed by atoms with Crippen molar-refractivity contribution in [2.45, 2.75) is 6.54 Å². The molecule has 0 aromatic heterocycles. The first-order valence-electron chi connectivity index (χ1n) is 10.7. The van der Waals surface area contributed by atoms with Crippen LogP contribution in [0.15, 0.2) is 53.5 Å². The molecule has 2 aliphatic heterocycles. The van der Waals surface area contributed by atoms with Crippen molar-refractivity contribution in [1.82, 2.24) is 15.5 Å². The van der Waals surface area contributed by atoms with Crippen molar-refractivity contribution in [2.24, 2.45) is 4.99 Å². The van der Waals surface area contributed by atoms with Gasteiger partial charge in [-0.2, -0.15) is 0 Å². The third-order valence-corrected chi connectivity index (χ3v) is 5.77. The summed E-state index contributed by atoms with van der Waals surface area (Å²) in [7, 11) is 1.80. The van der Waals surface area contributed by atoms with E-state index in [-0.39, 0.29) is 35.7 Å². The Morgan fingerprint density at radius 1 is 0.969 bits per heavy atom. The summed E-state index contributed by atoms with van der Waals surface area (Å²) >= 11 is 0. The second-order valence-electron chi connectivity index (χ2n) is 7.79. The predicted molar refractivity (Wildman–Crippen MR) is 137 cm³/mol. The standard InChI is InChI=1S/C23H29FN6O.HI/c1-25-23(29-14-12-28(13-15-29)20-8-4-19(24)5-9-20)27-16-18-2-6-21(7-3-18)30-11-10-26-22(31)17-30;/h2-9H,10-17H2,1H3,(H,25,27)(H,26,31);1H. The van der Waals surface area contributed by atoms with E-state index in [0.29, 0.717) is 19.6 Å². The summed E-state index contributed by atoms with van der Waals surface area (Å²) in [5.74, 6) is 0.747. The number of hydrogen-bond acceptors (Lipinski definition) is 4. The summed E-state index contributed by atoms with van der Waals surface area (Å²) in [4.78, 5) is 22.6. The van der Waals surface area contributed by atoms with Gasteiger partial charge in [-0.25, -0.2) is 4.39 Å². The highest BCUT2D eigenvalue weighted by Crippen LogP contribution is 2.18. The van der Waals surface area contributed by atoms with E-state index in [4.69, 9.17) is 0 Å². The van der Waals surface area contributed by atoms with Crippen LogP contribution in [0.5, 0.6) is 0 Å². The Labute approximate surface area is 205 Å². The highest BCUT2D eigenvalue weighted by molar-refractivity contribution is 14.0. The molecule has 0 spiro atoms. The van der Waals surface area contributed by atoms with Crippen LogP contribution in [0.25, 0.3) is 0 Å². The average Bonchev–Trinajstić information content (AvgIpc) is 2.81. The quantitative estimate of drug-likeness (QED) is 0.347. The molecule has 0 saturated carbocycles. The number of rotatable bonds is 4. The molecule has 1 amide bonds. The predicted octanol–water partition coefficient (Wildman–Crippen LogP) is 2.28. The molecule has 2 fully saturated rings. The van der Waals surface area contributed by atoms with Crippen LogP contribution in [0, 0.1) is 5.82 Å². The normalized spacial score (nSPS) is 17.0. The lowest BCUT2D eigenvalue weighted by Gasteiger charge is -2.37. The minimum absolute atomic E-state index is 0. The van der Waals surface area contributed by atoms with Crippen LogP contribution in [-0.2, 0) is 11.3 Å². The molecule has 0 atom stereocenters. The fraction of sp³-hybridized carbons (Fsp3) is 0.391. The molecule has 2 heterocycles. The topological polar surface area (TPSA) is 63.2 Å². The van der Waals surface area contributed by atoms with Gasteiger partial charge in [-0.05, 0) is 42.0 Å². The summed E-state index contributed by atoms with van der Waals surface area (Å²) in [6.07, 6.45) is 0. The largest absolute Gasteiger partial charge is 0.368 e. The molecule has 0 unspecified atom stereocenters. The van der Waals surface area contributed by atoms with Crippen LogP contribution >= 0.6 is 24.0 Å². The molecule has 2 N–H and O–H groups in total. The van der Waals surface area contributed by atoms with E-state index in [2.05, 4.69) is 54.6 Å². The Hall–Kier alpha value is -2.56. The Morgan fingerprint density at radius 2 is 1.59 bits per heavy atom. The van der Waals surface area contributed by atoms with E-state index in [9.17, 15) is 9.18 Å². The fourth-order valence-electron chi connectivity index (χ4n) is 4.03. The van der Waals surface area contributed by atoms with Gasteiger partial charge in [0.15, 0.2) is 5.96 Å². The smallest absolute Gasteiger partial charge is 0.239 e. The zero-order valence-electron chi connectivity index (χ0n) is 18.3. The fourth-order valence-corrected chi connectivity index (χ4v) is 4.03.